The van der Waals surface area contributed by atoms with Gasteiger partial charge in [0.05, 0.1) is 5.69 Å². The maximum atomic E-state index is 13.1. The lowest BCUT2D eigenvalue weighted by Gasteiger charge is -2.30. The van der Waals surface area contributed by atoms with Crippen molar-refractivity contribution in [3.8, 4) is 5.75 Å². The van der Waals surface area contributed by atoms with E-state index in [-0.39, 0.29) is 36.7 Å². The fourth-order valence-electron chi connectivity index (χ4n) is 3.34. The first-order chi connectivity index (χ1) is 13.1. The number of hydrogen-bond acceptors (Lipinski definition) is 3. The number of rotatable bonds is 6. The number of ether oxygens (including phenoxy) is 1. The van der Waals surface area contributed by atoms with Crippen LogP contribution in [0.5, 0.6) is 5.75 Å². The Labute approximate surface area is 157 Å². The summed E-state index contributed by atoms with van der Waals surface area (Å²) >= 11 is 0. The van der Waals surface area contributed by atoms with Crippen LogP contribution in [0.1, 0.15) is 24.8 Å². The van der Waals surface area contributed by atoms with E-state index in [4.69, 9.17) is 4.74 Å². The molecule has 0 unspecified atom stereocenters. The minimum Gasteiger partial charge on any atom is -0.482 e. The van der Waals surface area contributed by atoms with Crippen LogP contribution in [0.2, 0.25) is 0 Å². The zero-order valence-corrected chi connectivity index (χ0v) is 14.9. The van der Waals surface area contributed by atoms with Crippen LogP contribution in [0, 0.1) is 5.82 Å². The van der Waals surface area contributed by atoms with E-state index in [1.807, 2.05) is 29.2 Å². The number of carbonyl (C=O) groups excluding carboxylic acids is 2. The summed E-state index contributed by atoms with van der Waals surface area (Å²) < 4.78 is 18.5. The third kappa shape index (κ3) is 3.94. The molecule has 27 heavy (non-hydrogen) atoms. The van der Waals surface area contributed by atoms with Crippen LogP contribution in [0.25, 0.3) is 0 Å². The summed E-state index contributed by atoms with van der Waals surface area (Å²) in [5.74, 6) is 0.249. The summed E-state index contributed by atoms with van der Waals surface area (Å²) in [5, 5.41) is 0. The molecule has 0 spiro atoms. The summed E-state index contributed by atoms with van der Waals surface area (Å²) in [5.41, 5.74) is 1.61. The molecule has 1 aliphatic heterocycles. The summed E-state index contributed by atoms with van der Waals surface area (Å²) in [7, 11) is 0. The number of amides is 2. The zero-order valence-electron chi connectivity index (χ0n) is 14.9. The van der Waals surface area contributed by atoms with Crippen LogP contribution < -0.4 is 9.64 Å². The summed E-state index contributed by atoms with van der Waals surface area (Å²) in [4.78, 5) is 28.6. The smallest absolute Gasteiger partial charge is 0.265 e. The molecular weight excluding hydrogens is 347 g/mol. The molecule has 0 saturated heterocycles. The Bertz CT molecular complexity index is 849. The molecule has 1 heterocycles. The molecular formula is C21H21FN2O3. The number of benzene rings is 2. The highest BCUT2D eigenvalue weighted by Crippen LogP contribution is 2.32. The Morgan fingerprint density at radius 2 is 1.89 bits per heavy atom. The molecule has 2 aromatic carbocycles. The Balaban J connectivity index is 1.43. The minimum absolute atomic E-state index is 0.00682. The molecule has 0 N–H and O–H groups in total. The van der Waals surface area contributed by atoms with Crippen LogP contribution in [0.4, 0.5) is 10.1 Å². The number of halogens is 1. The molecule has 0 radical (unpaired) electrons. The SMILES string of the molecule is O=C1COc2ccccc2N1CCC(=O)N(Cc1ccc(F)cc1)C1CC1. The molecule has 6 heteroatoms. The van der Waals surface area contributed by atoms with Crippen molar-refractivity contribution >= 4 is 17.5 Å². The van der Waals surface area contributed by atoms with Gasteiger partial charge in [-0.25, -0.2) is 4.39 Å². The highest BCUT2D eigenvalue weighted by atomic mass is 19.1. The quantitative estimate of drug-likeness (QED) is 0.787. The summed E-state index contributed by atoms with van der Waals surface area (Å²) in [6.45, 7) is 0.787. The lowest BCUT2D eigenvalue weighted by molar-refractivity contribution is -0.132. The number of fused-ring (bicyclic) bond motifs is 1. The molecule has 1 aliphatic carbocycles. The van der Waals surface area contributed by atoms with Gasteiger partial charge in [0.15, 0.2) is 6.61 Å². The fourth-order valence-corrected chi connectivity index (χ4v) is 3.34. The van der Waals surface area contributed by atoms with Gasteiger partial charge in [-0.15, -0.1) is 0 Å². The van der Waals surface area contributed by atoms with Crippen molar-refractivity contribution in [3.63, 3.8) is 0 Å². The maximum absolute atomic E-state index is 13.1. The molecule has 140 valence electrons. The van der Waals surface area contributed by atoms with E-state index in [0.29, 0.717) is 24.5 Å². The Morgan fingerprint density at radius 1 is 1.15 bits per heavy atom. The van der Waals surface area contributed by atoms with Crippen molar-refractivity contribution < 1.29 is 18.7 Å². The van der Waals surface area contributed by atoms with Crippen molar-refractivity contribution in [3.05, 3.63) is 59.9 Å². The summed E-state index contributed by atoms with van der Waals surface area (Å²) in [6.07, 6.45) is 2.23. The topological polar surface area (TPSA) is 49.9 Å². The second kappa shape index (κ2) is 7.39. The van der Waals surface area contributed by atoms with Crippen molar-refractivity contribution in [2.24, 2.45) is 0 Å². The number of anilines is 1. The van der Waals surface area contributed by atoms with E-state index in [9.17, 15) is 14.0 Å². The first-order valence-corrected chi connectivity index (χ1v) is 9.18. The summed E-state index contributed by atoms with van der Waals surface area (Å²) in [6, 6.07) is 13.8. The van der Waals surface area contributed by atoms with E-state index in [0.717, 1.165) is 18.4 Å². The van der Waals surface area contributed by atoms with Crippen molar-refractivity contribution in [1.82, 2.24) is 4.90 Å². The Kier molecular flexibility index (Phi) is 4.79. The van der Waals surface area contributed by atoms with Crippen LogP contribution >= 0.6 is 0 Å². The van der Waals surface area contributed by atoms with Crippen molar-refractivity contribution in [1.29, 1.82) is 0 Å². The van der Waals surface area contributed by atoms with E-state index in [1.165, 1.54) is 12.1 Å². The van der Waals surface area contributed by atoms with Gasteiger partial charge >= 0.3 is 0 Å². The third-order valence-corrected chi connectivity index (χ3v) is 4.93. The van der Waals surface area contributed by atoms with Gasteiger partial charge in [0, 0.05) is 25.6 Å². The number of carbonyl (C=O) groups is 2. The van der Waals surface area contributed by atoms with Gasteiger partial charge in [-0.2, -0.15) is 0 Å². The molecule has 2 aromatic rings. The molecule has 1 fully saturated rings. The molecule has 0 atom stereocenters. The largest absolute Gasteiger partial charge is 0.482 e. The van der Waals surface area contributed by atoms with E-state index in [1.54, 1.807) is 17.0 Å². The predicted molar refractivity (Wildman–Crippen MR) is 98.9 cm³/mol. The van der Waals surface area contributed by atoms with Gasteiger partial charge in [-0.1, -0.05) is 24.3 Å². The highest BCUT2D eigenvalue weighted by molar-refractivity contribution is 5.98. The number of para-hydroxylation sites is 2. The van der Waals surface area contributed by atoms with Gasteiger partial charge in [-0.3, -0.25) is 9.59 Å². The van der Waals surface area contributed by atoms with E-state index >= 15 is 0 Å². The lowest BCUT2D eigenvalue weighted by atomic mass is 10.2. The molecule has 2 aliphatic rings. The molecule has 1 saturated carbocycles. The molecule has 0 bridgehead atoms. The Hall–Kier alpha value is -2.89. The first-order valence-electron chi connectivity index (χ1n) is 9.18. The van der Waals surface area contributed by atoms with Gasteiger partial charge < -0.3 is 14.5 Å². The fraction of sp³-hybridized carbons (Fsp3) is 0.333. The number of hydrogen-bond donors (Lipinski definition) is 0. The van der Waals surface area contributed by atoms with Crippen LogP contribution in [0.3, 0.4) is 0 Å². The molecule has 0 aromatic heterocycles. The van der Waals surface area contributed by atoms with Gasteiger partial charge in [0.25, 0.3) is 5.91 Å². The minimum atomic E-state index is -0.285. The predicted octanol–water partition coefficient (Wildman–Crippen LogP) is 3.13. The monoisotopic (exact) mass is 368 g/mol. The molecule has 4 rings (SSSR count). The second-order valence-corrected chi connectivity index (χ2v) is 6.93. The average Bonchev–Trinajstić information content (AvgIpc) is 3.51. The molecule has 5 nitrogen and oxygen atoms in total. The van der Waals surface area contributed by atoms with Gasteiger partial charge in [-0.05, 0) is 42.7 Å². The van der Waals surface area contributed by atoms with Crippen LogP contribution in [0.15, 0.2) is 48.5 Å². The van der Waals surface area contributed by atoms with Gasteiger partial charge in [0.2, 0.25) is 5.91 Å². The standard InChI is InChI=1S/C21H21FN2O3/c22-16-7-5-15(6-8-16)13-24(17-9-10-17)20(25)11-12-23-18-3-1-2-4-19(18)27-14-21(23)26/h1-8,17H,9-14H2. The number of nitrogens with zero attached hydrogens (tertiary/aromatic N) is 2. The van der Waals surface area contributed by atoms with Crippen LogP contribution in [-0.2, 0) is 16.1 Å². The lowest BCUT2D eigenvalue weighted by Crippen LogP contribution is -2.42. The van der Waals surface area contributed by atoms with Crippen molar-refractivity contribution in [2.45, 2.75) is 31.8 Å². The highest BCUT2D eigenvalue weighted by Gasteiger charge is 2.33. The first kappa shape index (κ1) is 17.5. The average molecular weight is 368 g/mol. The normalized spacial score (nSPS) is 15.9. The maximum Gasteiger partial charge on any atom is 0.265 e. The third-order valence-electron chi connectivity index (χ3n) is 4.93. The molecule has 2 amide bonds. The van der Waals surface area contributed by atoms with Crippen molar-refractivity contribution in [2.75, 3.05) is 18.1 Å². The van der Waals surface area contributed by atoms with Gasteiger partial charge in [0.1, 0.15) is 11.6 Å². The van der Waals surface area contributed by atoms with E-state index < -0.39 is 0 Å². The second-order valence-electron chi connectivity index (χ2n) is 6.93. The Morgan fingerprint density at radius 3 is 2.63 bits per heavy atom. The van der Waals surface area contributed by atoms with Crippen LogP contribution in [-0.4, -0.2) is 35.9 Å². The zero-order chi connectivity index (χ0) is 18.8. The van der Waals surface area contributed by atoms with E-state index in [2.05, 4.69) is 0 Å².